The number of amides is 3. The Kier molecular flexibility index (Phi) is 7.72. The van der Waals surface area contributed by atoms with Gasteiger partial charge in [-0.05, 0) is 32.1 Å². The Morgan fingerprint density at radius 1 is 1.04 bits per heavy atom. The van der Waals surface area contributed by atoms with E-state index in [1.807, 2.05) is 0 Å². The van der Waals surface area contributed by atoms with Crippen molar-refractivity contribution in [3.8, 4) is 0 Å². The number of aliphatic carboxylic acids is 1. The topological polar surface area (TPSA) is 98.7 Å². The smallest absolute Gasteiger partial charge is 0.329 e. The zero-order chi connectivity index (χ0) is 19.0. The summed E-state index contributed by atoms with van der Waals surface area (Å²) in [5.74, 6) is -1.07. The van der Waals surface area contributed by atoms with Gasteiger partial charge in [0.25, 0.3) is 0 Å². The lowest BCUT2D eigenvalue weighted by molar-refractivity contribution is -0.160. The van der Waals surface area contributed by atoms with Gasteiger partial charge in [0, 0.05) is 26.1 Å². The Hall–Kier alpha value is -1.79. The van der Waals surface area contributed by atoms with E-state index in [-0.39, 0.29) is 24.4 Å². The molecule has 7 heteroatoms. The van der Waals surface area contributed by atoms with Crippen molar-refractivity contribution in [1.82, 2.24) is 15.5 Å². The van der Waals surface area contributed by atoms with Crippen LogP contribution in [0.4, 0.5) is 4.79 Å². The second kappa shape index (κ2) is 9.78. The molecule has 0 aromatic carbocycles. The predicted octanol–water partition coefficient (Wildman–Crippen LogP) is 2.64. The van der Waals surface area contributed by atoms with Gasteiger partial charge in [0.05, 0.1) is 0 Å². The first-order valence-corrected chi connectivity index (χ1v) is 10.00. The molecule has 2 fully saturated rings. The summed E-state index contributed by atoms with van der Waals surface area (Å²) in [4.78, 5) is 37.5. The molecule has 3 amide bonds. The molecule has 26 heavy (non-hydrogen) atoms. The van der Waals surface area contributed by atoms with E-state index in [0.29, 0.717) is 25.8 Å². The van der Waals surface area contributed by atoms with E-state index in [2.05, 4.69) is 10.6 Å². The van der Waals surface area contributed by atoms with Crippen LogP contribution in [0.2, 0.25) is 0 Å². The number of nitrogens with one attached hydrogen (secondary N) is 2. The minimum atomic E-state index is -1.05. The molecule has 2 rings (SSSR count). The molecule has 7 nitrogen and oxygen atoms in total. The second-order valence-electron chi connectivity index (χ2n) is 7.69. The van der Waals surface area contributed by atoms with Crippen LogP contribution < -0.4 is 10.6 Å². The number of likely N-dealkylation sites (N-methyl/N-ethyl adjacent to an activating group) is 1. The van der Waals surface area contributed by atoms with Gasteiger partial charge in [-0.1, -0.05) is 38.5 Å². The standard InChI is InChI=1S/C19H33N3O4/c1-22(19(17(24)25)12-6-3-7-13-19)16(23)11-8-14-20-18(26)21-15-9-4-2-5-10-15/h15H,2-14H2,1H3,(H,24,25)(H2,20,21,26). The first-order valence-electron chi connectivity index (χ1n) is 10.00. The average Bonchev–Trinajstić information content (AvgIpc) is 2.65. The Bertz CT molecular complexity index is 497. The summed E-state index contributed by atoms with van der Waals surface area (Å²) in [7, 11) is 1.60. The molecule has 0 heterocycles. The molecule has 148 valence electrons. The van der Waals surface area contributed by atoms with E-state index in [1.54, 1.807) is 7.05 Å². The molecular weight excluding hydrogens is 334 g/mol. The number of urea groups is 1. The minimum Gasteiger partial charge on any atom is -0.479 e. The van der Waals surface area contributed by atoms with Crippen LogP contribution in [0.25, 0.3) is 0 Å². The van der Waals surface area contributed by atoms with Crippen LogP contribution >= 0.6 is 0 Å². The van der Waals surface area contributed by atoms with Crippen molar-refractivity contribution in [2.45, 2.75) is 88.6 Å². The predicted molar refractivity (Wildman–Crippen MR) is 98.9 cm³/mol. The second-order valence-corrected chi connectivity index (χ2v) is 7.69. The fourth-order valence-electron chi connectivity index (χ4n) is 4.16. The molecule has 0 radical (unpaired) electrons. The van der Waals surface area contributed by atoms with Crippen molar-refractivity contribution in [3.05, 3.63) is 0 Å². The molecule has 0 aliphatic heterocycles. The summed E-state index contributed by atoms with van der Waals surface area (Å²) < 4.78 is 0. The fourth-order valence-corrected chi connectivity index (χ4v) is 4.16. The van der Waals surface area contributed by atoms with Gasteiger partial charge in [-0.3, -0.25) is 4.79 Å². The number of hydrogen-bond acceptors (Lipinski definition) is 3. The SMILES string of the molecule is CN(C(=O)CCCNC(=O)NC1CCCCC1)C1(C(=O)O)CCCCC1. The molecule has 2 aliphatic carbocycles. The third-order valence-corrected chi connectivity index (χ3v) is 5.89. The van der Waals surface area contributed by atoms with Gasteiger partial charge in [0.2, 0.25) is 5.91 Å². The Morgan fingerprint density at radius 2 is 1.65 bits per heavy atom. The summed E-state index contributed by atoms with van der Waals surface area (Å²) in [5.41, 5.74) is -1.05. The number of carbonyl (C=O) groups is 3. The van der Waals surface area contributed by atoms with E-state index in [1.165, 1.54) is 11.3 Å². The molecule has 0 unspecified atom stereocenters. The maximum atomic E-state index is 12.4. The summed E-state index contributed by atoms with van der Waals surface area (Å²) in [6.07, 6.45) is 10.1. The summed E-state index contributed by atoms with van der Waals surface area (Å²) in [6.45, 7) is 0.415. The number of carboxylic acids is 1. The minimum absolute atomic E-state index is 0.163. The molecule has 3 N–H and O–H groups in total. The quantitative estimate of drug-likeness (QED) is 0.602. The molecule has 0 bridgehead atoms. The highest BCUT2D eigenvalue weighted by Gasteiger charge is 2.45. The lowest BCUT2D eigenvalue weighted by Crippen LogP contribution is -2.56. The van der Waals surface area contributed by atoms with Crippen LogP contribution in [-0.4, -0.2) is 53.1 Å². The Balaban J connectivity index is 1.70. The maximum Gasteiger partial charge on any atom is 0.329 e. The van der Waals surface area contributed by atoms with E-state index < -0.39 is 11.5 Å². The molecule has 0 atom stereocenters. The van der Waals surface area contributed by atoms with Crippen molar-refractivity contribution < 1.29 is 19.5 Å². The monoisotopic (exact) mass is 367 g/mol. The van der Waals surface area contributed by atoms with Crippen molar-refractivity contribution >= 4 is 17.9 Å². The van der Waals surface area contributed by atoms with Crippen LogP contribution in [0.1, 0.15) is 77.0 Å². The van der Waals surface area contributed by atoms with E-state index in [0.717, 1.165) is 44.9 Å². The fraction of sp³-hybridized carbons (Fsp3) is 0.842. The number of carbonyl (C=O) groups excluding carboxylic acids is 2. The highest BCUT2D eigenvalue weighted by molar-refractivity contribution is 5.87. The summed E-state index contributed by atoms with van der Waals surface area (Å²) in [6, 6.07) is 0.0882. The van der Waals surface area contributed by atoms with Crippen molar-refractivity contribution in [1.29, 1.82) is 0 Å². The number of carboxylic acid groups (broad SMARTS) is 1. The molecule has 0 spiro atoms. The lowest BCUT2D eigenvalue weighted by atomic mass is 9.80. The first kappa shape index (κ1) is 20.5. The first-order chi connectivity index (χ1) is 12.5. The van der Waals surface area contributed by atoms with Crippen LogP contribution in [-0.2, 0) is 9.59 Å². The molecule has 2 aliphatic rings. The van der Waals surface area contributed by atoms with Gasteiger partial charge in [0.15, 0.2) is 0 Å². The maximum absolute atomic E-state index is 12.4. The van der Waals surface area contributed by atoms with Crippen LogP contribution in [0, 0.1) is 0 Å². The van der Waals surface area contributed by atoms with Crippen LogP contribution in [0.15, 0.2) is 0 Å². The lowest BCUT2D eigenvalue weighted by Gasteiger charge is -2.41. The molecular formula is C19H33N3O4. The Labute approximate surface area is 155 Å². The van der Waals surface area contributed by atoms with Crippen LogP contribution in [0.3, 0.4) is 0 Å². The average molecular weight is 367 g/mol. The normalized spacial score (nSPS) is 20.2. The van der Waals surface area contributed by atoms with Gasteiger partial charge in [-0.2, -0.15) is 0 Å². The molecule has 2 saturated carbocycles. The number of rotatable bonds is 7. The van der Waals surface area contributed by atoms with E-state index in [9.17, 15) is 19.5 Å². The third-order valence-electron chi connectivity index (χ3n) is 5.89. The van der Waals surface area contributed by atoms with Crippen LogP contribution in [0.5, 0.6) is 0 Å². The van der Waals surface area contributed by atoms with E-state index in [4.69, 9.17) is 0 Å². The number of hydrogen-bond donors (Lipinski definition) is 3. The largest absolute Gasteiger partial charge is 0.479 e. The summed E-state index contributed by atoms with van der Waals surface area (Å²) >= 11 is 0. The van der Waals surface area contributed by atoms with Crippen molar-refractivity contribution in [3.63, 3.8) is 0 Å². The number of nitrogens with zero attached hydrogens (tertiary/aromatic N) is 1. The van der Waals surface area contributed by atoms with Gasteiger partial charge >= 0.3 is 12.0 Å². The Morgan fingerprint density at radius 3 is 2.27 bits per heavy atom. The highest BCUT2D eigenvalue weighted by atomic mass is 16.4. The van der Waals surface area contributed by atoms with Gasteiger partial charge < -0.3 is 20.6 Å². The zero-order valence-corrected chi connectivity index (χ0v) is 15.9. The molecule has 0 aromatic rings. The molecule has 0 aromatic heterocycles. The van der Waals surface area contributed by atoms with Crippen molar-refractivity contribution in [2.24, 2.45) is 0 Å². The summed E-state index contributed by atoms with van der Waals surface area (Å²) in [5, 5.41) is 15.4. The van der Waals surface area contributed by atoms with E-state index >= 15 is 0 Å². The van der Waals surface area contributed by atoms with Gasteiger partial charge in [0.1, 0.15) is 5.54 Å². The van der Waals surface area contributed by atoms with Gasteiger partial charge in [-0.15, -0.1) is 0 Å². The van der Waals surface area contributed by atoms with Crippen molar-refractivity contribution in [2.75, 3.05) is 13.6 Å². The molecule has 0 saturated heterocycles. The zero-order valence-electron chi connectivity index (χ0n) is 15.9. The highest BCUT2D eigenvalue weighted by Crippen LogP contribution is 2.33. The van der Waals surface area contributed by atoms with Gasteiger partial charge in [-0.25, -0.2) is 9.59 Å². The third kappa shape index (κ3) is 5.35.